The van der Waals surface area contributed by atoms with E-state index in [9.17, 15) is 23.1 Å². The summed E-state index contributed by atoms with van der Waals surface area (Å²) in [4.78, 5) is 26.7. The maximum atomic E-state index is 13.9. The average molecular weight is 637 g/mol. The van der Waals surface area contributed by atoms with Crippen molar-refractivity contribution in [3.05, 3.63) is 90.0 Å². The number of nitrogens with one attached hydrogen (secondary N) is 3. The Morgan fingerprint density at radius 3 is 2.24 bits per heavy atom. The van der Waals surface area contributed by atoms with Gasteiger partial charge in [0.15, 0.2) is 0 Å². The summed E-state index contributed by atoms with van der Waals surface area (Å²) in [7, 11) is -2.34. The van der Waals surface area contributed by atoms with Crippen LogP contribution in [0.25, 0.3) is 0 Å². The lowest BCUT2D eigenvalue weighted by atomic mass is 9.95. The molecular weight excluding hydrogens is 592 g/mol. The van der Waals surface area contributed by atoms with Crippen LogP contribution in [0.3, 0.4) is 0 Å². The lowest BCUT2D eigenvalue weighted by molar-refractivity contribution is -0.123. The summed E-state index contributed by atoms with van der Waals surface area (Å²) in [6.45, 7) is 1.81. The van der Waals surface area contributed by atoms with Crippen molar-refractivity contribution in [1.82, 2.24) is 16.0 Å². The Morgan fingerprint density at radius 2 is 1.60 bits per heavy atom. The highest BCUT2D eigenvalue weighted by molar-refractivity contribution is 7.92. The third-order valence-corrected chi connectivity index (χ3v) is 9.13. The van der Waals surface area contributed by atoms with E-state index in [4.69, 9.17) is 4.74 Å². The molecule has 11 heteroatoms. The van der Waals surface area contributed by atoms with Crippen LogP contribution in [0, 0.1) is 0 Å². The summed E-state index contributed by atoms with van der Waals surface area (Å²) >= 11 is 0. The summed E-state index contributed by atoms with van der Waals surface area (Å²) < 4.78 is 32.4. The lowest BCUT2D eigenvalue weighted by Crippen LogP contribution is -2.53. The number of rotatable bonds is 14. The zero-order valence-electron chi connectivity index (χ0n) is 26.1. The monoisotopic (exact) mass is 636 g/mol. The Bertz CT molecular complexity index is 1510. The number of nitrogens with zero attached hydrogens (tertiary/aromatic N) is 1. The maximum Gasteiger partial charge on any atom is 0.253 e. The summed E-state index contributed by atoms with van der Waals surface area (Å²) in [5.74, 6) is -0.104. The number of methoxy groups -OCH3 is 1. The fourth-order valence-corrected chi connectivity index (χ4v) is 6.59. The van der Waals surface area contributed by atoms with Crippen LogP contribution in [0.5, 0.6) is 5.75 Å². The van der Waals surface area contributed by atoms with Gasteiger partial charge in [-0.15, -0.1) is 0 Å². The summed E-state index contributed by atoms with van der Waals surface area (Å²) in [5, 5.41) is 20.5. The van der Waals surface area contributed by atoms with E-state index in [1.54, 1.807) is 55.5 Å². The van der Waals surface area contributed by atoms with Crippen molar-refractivity contribution in [2.24, 2.45) is 0 Å². The minimum absolute atomic E-state index is 0.0555. The number of anilines is 2. The Balaban J connectivity index is 1.54. The Kier molecular flexibility index (Phi) is 12.0. The van der Waals surface area contributed by atoms with Crippen molar-refractivity contribution in [2.45, 2.75) is 69.7 Å². The molecule has 0 saturated heterocycles. The number of para-hydroxylation sites is 1. The van der Waals surface area contributed by atoms with E-state index in [-0.39, 0.29) is 29.7 Å². The highest BCUT2D eigenvalue weighted by atomic mass is 32.2. The standard InChI is InChI=1S/C34H44N4O6S/c1-24(33(40)36-26-14-8-5-9-15-26)35-23-32(39)30(22-25-12-6-4-7-13-25)37-34(41)29-16-10-11-17-31(29)38(45(3,42)43)27-18-20-28(44-2)21-19-27/h4,6-7,10-13,16-21,24,26,30,32,35,39H,5,8-9,14-15,22-23H2,1-3H3,(H,36,40)(H,37,41)/t24-,30-,32+/m0/s1. The van der Waals surface area contributed by atoms with Crippen LogP contribution in [-0.2, 0) is 21.2 Å². The third-order valence-electron chi connectivity index (χ3n) is 8.06. The van der Waals surface area contributed by atoms with Crippen molar-refractivity contribution >= 4 is 33.2 Å². The molecule has 0 aliphatic heterocycles. The molecular formula is C34H44N4O6S. The molecule has 4 N–H and O–H groups in total. The van der Waals surface area contributed by atoms with Crippen LogP contribution >= 0.6 is 0 Å². The van der Waals surface area contributed by atoms with Crippen LogP contribution in [0.15, 0.2) is 78.9 Å². The first kappa shape index (κ1) is 34.0. The van der Waals surface area contributed by atoms with E-state index in [0.717, 1.165) is 41.8 Å². The SMILES string of the molecule is COc1ccc(N(c2ccccc2C(=O)N[C@@H](Cc2ccccc2)[C@H](O)CN[C@@H](C)C(=O)NC2CCCCC2)S(C)(=O)=O)cc1. The van der Waals surface area contributed by atoms with Crippen molar-refractivity contribution in [2.75, 3.05) is 24.2 Å². The van der Waals surface area contributed by atoms with Crippen molar-refractivity contribution < 1.29 is 27.9 Å². The molecule has 3 aromatic carbocycles. The normalized spacial score (nSPS) is 15.8. The number of benzene rings is 3. The zero-order chi connectivity index (χ0) is 32.4. The van der Waals surface area contributed by atoms with Crippen molar-refractivity contribution in [1.29, 1.82) is 0 Å². The van der Waals surface area contributed by atoms with Gasteiger partial charge in [0, 0.05) is 12.6 Å². The average Bonchev–Trinajstić information content (AvgIpc) is 3.04. The largest absolute Gasteiger partial charge is 0.497 e. The number of sulfonamides is 1. The number of hydrogen-bond donors (Lipinski definition) is 4. The molecule has 0 spiro atoms. The summed E-state index contributed by atoms with van der Waals surface area (Å²) in [6, 6.07) is 21.3. The Labute approximate surface area is 266 Å². The molecule has 2 amide bonds. The third kappa shape index (κ3) is 9.53. The molecule has 10 nitrogen and oxygen atoms in total. The number of carbonyl (C=O) groups excluding carboxylic acids is 2. The number of ether oxygens (including phenoxy) is 1. The maximum absolute atomic E-state index is 13.9. The molecule has 45 heavy (non-hydrogen) atoms. The molecule has 0 unspecified atom stereocenters. The fourth-order valence-electron chi connectivity index (χ4n) is 5.57. The number of carbonyl (C=O) groups is 2. The first-order valence-electron chi connectivity index (χ1n) is 15.4. The van der Waals surface area contributed by atoms with Crippen LogP contribution in [0.4, 0.5) is 11.4 Å². The van der Waals surface area contributed by atoms with Crippen LogP contribution in [-0.4, -0.2) is 69.5 Å². The van der Waals surface area contributed by atoms with Crippen LogP contribution < -0.4 is 25.0 Å². The van der Waals surface area contributed by atoms with Gasteiger partial charge in [-0.2, -0.15) is 0 Å². The molecule has 0 radical (unpaired) electrons. The first-order chi connectivity index (χ1) is 21.6. The molecule has 1 aliphatic carbocycles. The van der Waals surface area contributed by atoms with Gasteiger partial charge in [0.05, 0.1) is 48.5 Å². The first-order valence-corrected chi connectivity index (χ1v) is 17.2. The van der Waals surface area contributed by atoms with Crippen LogP contribution in [0.2, 0.25) is 0 Å². The minimum atomic E-state index is -3.86. The molecule has 0 bridgehead atoms. The summed E-state index contributed by atoms with van der Waals surface area (Å²) in [6.07, 6.45) is 5.69. The van der Waals surface area contributed by atoms with Crippen molar-refractivity contribution in [3.8, 4) is 5.75 Å². The number of amides is 2. The molecule has 0 aromatic heterocycles. The summed E-state index contributed by atoms with van der Waals surface area (Å²) in [5.41, 5.74) is 1.53. The highest BCUT2D eigenvalue weighted by Gasteiger charge is 2.29. The van der Waals surface area contributed by atoms with Gasteiger partial charge >= 0.3 is 0 Å². The molecule has 3 aromatic rings. The molecule has 1 aliphatic rings. The molecule has 1 fully saturated rings. The van der Waals surface area contributed by atoms with E-state index < -0.39 is 34.1 Å². The predicted octanol–water partition coefficient (Wildman–Crippen LogP) is 3.92. The van der Waals surface area contributed by atoms with Gasteiger partial charge in [-0.05, 0) is 68.1 Å². The second-order valence-electron chi connectivity index (χ2n) is 11.6. The van der Waals surface area contributed by atoms with E-state index in [1.807, 2.05) is 30.3 Å². The predicted molar refractivity (Wildman–Crippen MR) is 176 cm³/mol. The minimum Gasteiger partial charge on any atom is -0.497 e. The van der Waals surface area contributed by atoms with E-state index >= 15 is 0 Å². The van der Waals surface area contributed by atoms with E-state index in [2.05, 4.69) is 16.0 Å². The molecule has 4 rings (SSSR count). The smallest absolute Gasteiger partial charge is 0.253 e. The second-order valence-corrected chi connectivity index (χ2v) is 13.4. The Morgan fingerprint density at radius 1 is 0.956 bits per heavy atom. The molecule has 1 saturated carbocycles. The van der Waals surface area contributed by atoms with E-state index in [1.165, 1.54) is 13.5 Å². The fraction of sp³-hybridized carbons (Fsp3) is 0.412. The molecule has 3 atom stereocenters. The number of aliphatic hydroxyl groups excluding tert-OH is 1. The molecule has 242 valence electrons. The van der Waals surface area contributed by atoms with Crippen molar-refractivity contribution in [3.63, 3.8) is 0 Å². The van der Waals surface area contributed by atoms with E-state index in [0.29, 0.717) is 17.9 Å². The van der Waals surface area contributed by atoms with Gasteiger partial charge in [0.1, 0.15) is 5.75 Å². The van der Waals surface area contributed by atoms with Gasteiger partial charge < -0.3 is 25.8 Å². The number of hydrogen-bond acceptors (Lipinski definition) is 7. The van der Waals surface area contributed by atoms with Gasteiger partial charge in [0.2, 0.25) is 15.9 Å². The highest BCUT2D eigenvalue weighted by Crippen LogP contribution is 2.32. The quantitative estimate of drug-likeness (QED) is 0.211. The number of aliphatic hydroxyl groups is 1. The van der Waals surface area contributed by atoms with Gasteiger partial charge in [-0.1, -0.05) is 61.7 Å². The van der Waals surface area contributed by atoms with Crippen LogP contribution in [0.1, 0.15) is 54.9 Å². The van der Waals surface area contributed by atoms with Gasteiger partial charge in [-0.3, -0.25) is 9.59 Å². The lowest BCUT2D eigenvalue weighted by Gasteiger charge is -2.28. The van der Waals surface area contributed by atoms with Gasteiger partial charge in [-0.25, -0.2) is 12.7 Å². The second kappa shape index (κ2) is 15.9. The van der Waals surface area contributed by atoms with Gasteiger partial charge in [0.25, 0.3) is 5.91 Å². The Hall–Kier alpha value is -3.93. The topological polar surface area (TPSA) is 137 Å². The zero-order valence-corrected chi connectivity index (χ0v) is 26.9. The molecule has 0 heterocycles.